The van der Waals surface area contributed by atoms with Crippen molar-refractivity contribution in [1.29, 1.82) is 0 Å². The van der Waals surface area contributed by atoms with E-state index in [0.717, 1.165) is 34.4 Å². The van der Waals surface area contributed by atoms with Crippen LogP contribution in [-0.2, 0) is 36.8 Å². The molecule has 0 aliphatic heterocycles. The first-order chi connectivity index (χ1) is 23.8. The lowest BCUT2D eigenvalue weighted by atomic mass is 9.90. The highest BCUT2D eigenvalue weighted by Crippen LogP contribution is 2.21. The summed E-state index contributed by atoms with van der Waals surface area (Å²) in [6.45, 7) is 24.3. The van der Waals surface area contributed by atoms with E-state index in [1.807, 2.05) is 52.0 Å². The number of nitrogens with two attached hydrogens (primary N) is 1. The van der Waals surface area contributed by atoms with E-state index >= 15 is 0 Å². The molecule has 0 aliphatic carbocycles. The van der Waals surface area contributed by atoms with Gasteiger partial charge in [0.15, 0.2) is 0 Å². The van der Waals surface area contributed by atoms with Gasteiger partial charge in [0.05, 0.1) is 19.0 Å². The van der Waals surface area contributed by atoms with Crippen molar-refractivity contribution in [2.24, 2.45) is 11.7 Å². The number of aromatic amines is 1. The molecule has 2 aromatic rings. The van der Waals surface area contributed by atoms with E-state index < -0.39 is 54.6 Å². The normalized spacial score (nSPS) is 10.8. The third-order valence-electron chi connectivity index (χ3n) is 7.15. The van der Waals surface area contributed by atoms with Crippen LogP contribution in [0, 0.1) is 19.8 Å². The molecule has 0 bridgehead atoms. The largest absolute Gasteiger partial charge is 0.368 e. The van der Waals surface area contributed by atoms with E-state index in [4.69, 9.17) is 10.9 Å². The number of unbranched alkanes of at least 4 members (excludes halogenated alkanes) is 1. The Morgan fingerprint density at radius 2 is 1.44 bits per heavy atom. The van der Waals surface area contributed by atoms with Crippen molar-refractivity contribution in [2.45, 2.75) is 93.0 Å². The molecule has 2 unspecified atom stereocenters. The van der Waals surface area contributed by atoms with Crippen LogP contribution in [0.15, 0.2) is 50.2 Å². The van der Waals surface area contributed by atoms with Gasteiger partial charge in [0, 0.05) is 24.7 Å². The maximum Gasteiger partial charge on any atom is 0.244 e. The Hall–Kier alpha value is -4.97. The van der Waals surface area contributed by atoms with Gasteiger partial charge in [0.25, 0.3) is 0 Å². The number of amides is 5. The number of H-pyrrole nitrogens is 1. The monoisotopic (exact) mass is 696 g/mol. The first-order valence-corrected chi connectivity index (χ1v) is 17.0. The number of hydrogen-bond donors (Lipinski definition) is 7. The van der Waals surface area contributed by atoms with E-state index in [9.17, 15) is 24.0 Å². The summed E-state index contributed by atoms with van der Waals surface area (Å²) < 4.78 is 0. The predicted molar refractivity (Wildman–Crippen MR) is 202 cm³/mol. The lowest BCUT2D eigenvalue weighted by Gasteiger charge is -2.20. The molecule has 1 aromatic carbocycles. The first-order valence-electron chi connectivity index (χ1n) is 17.0. The molecule has 0 aliphatic rings. The Morgan fingerprint density at radius 1 is 0.860 bits per heavy atom. The lowest BCUT2D eigenvalue weighted by Crippen LogP contribution is -2.52. The minimum atomic E-state index is -1.09. The zero-order valence-electron chi connectivity index (χ0n) is 31.0. The Kier molecular flexibility index (Phi) is 26.3. The smallest absolute Gasteiger partial charge is 0.244 e. The number of primary amides is 1. The highest BCUT2D eigenvalue weighted by Gasteiger charge is 2.26. The summed E-state index contributed by atoms with van der Waals surface area (Å²) in [6, 6.07) is 4.43. The molecule has 0 saturated carbocycles. The molecule has 2 atom stereocenters. The molecule has 0 fully saturated rings. The number of aryl methyl sites for hydroxylation is 2. The van der Waals surface area contributed by atoms with Crippen LogP contribution in [0.4, 0.5) is 0 Å². The fraction of sp³-hybridized carbons (Fsp3) is 0.447. The summed E-state index contributed by atoms with van der Waals surface area (Å²) in [5.74, 6) is -4.33. The van der Waals surface area contributed by atoms with Gasteiger partial charge in [0.1, 0.15) is 6.04 Å². The van der Waals surface area contributed by atoms with Crippen molar-refractivity contribution in [3.63, 3.8) is 0 Å². The molecule has 8 N–H and O–H groups in total. The number of benzene rings is 1. The number of carbonyl (C=O) groups is 5. The van der Waals surface area contributed by atoms with Gasteiger partial charge in [-0.1, -0.05) is 97.0 Å². The molecular weight excluding hydrogens is 636 g/mol. The number of allylic oxidation sites excluding steroid dienone is 1. The Balaban J connectivity index is 0. The summed E-state index contributed by atoms with van der Waals surface area (Å²) >= 11 is 0. The summed E-state index contributed by atoms with van der Waals surface area (Å²) in [5.41, 5.74) is 11.5. The Morgan fingerprint density at radius 3 is 1.94 bits per heavy atom. The van der Waals surface area contributed by atoms with Crippen LogP contribution >= 0.6 is 0 Å². The standard InChI is InChI=1S/C28H36N6O6.C4H10.C4H8.C2H6/c1-5-21-16(3)8-7-9-18(21)10-19(12-25(36)34-40)27(38)32-15-26(37)33-23(28(39)31-14-24(29)35)11-20-13-30-17(4)22(20)6-2;2*1-3-4-2;1-2/h5-9,13,19,23,30,40H,1-2,10-12,14-15H2,3-4H3,(H2,29,35)(H,31,39)(H,32,38)(H,33,37)(H,34,36);3-4H2,1-2H3;3H,1,4H2,2H3;1-2H3. The van der Waals surface area contributed by atoms with Gasteiger partial charge < -0.3 is 26.7 Å². The Labute approximate surface area is 298 Å². The molecule has 0 radical (unpaired) electrons. The van der Waals surface area contributed by atoms with E-state index in [0.29, 0.717) is 5.56 Å². The molecule has 278 valence electrons. The van der Waals surface area contributed by atoms with E-state index in [2.05, 4.69) is 61.4 Å². The van der Waals surface area contributed by atoms with Crippen LogP contribution in [0.3, 0.4) is 0 Å². The van der Waals surface area contributed by atoms with Gasteiger partial charge in [-0.3, -0.25) is 29.2 Å². The van der Waals surface area contributed by atoms with Gasteiger partial charge in [0.2, 0.25) is 29.5 Å². The average Bonchev–Trinajstić information content (AvgIpc) is 3.47. The molecule has 12 nitrogen and oxygen atoms in total. The quantitative estimate of drug-likeness (QED) is 0.0703. The van der Waals surface area contributed by atoms with Crippen LogP contribution in [0.25, 0.3) is 12.2 Å². The number of aromatic nitrogens is 1. The maximum atomic E-state index is 13.0. The predicted octanol–water partition coefficient (Wildman–Crippen LogP) is 4.83. The summed E-state index contributed by atoms with van der Waals surface area (Å²) in [4.78, 5) is 64.7. The third kappa shape index (κ3) is 18.5. The van der Waals surface area contributed by atoms with Gasteiger partial charge in [-0.25, -0.2) is 5.48 Å². The van der Waals surface area contributed by atoms with Gasteiger partial charge >= 0.3 is 0 Å². The lowest BCUT2D eigenvalue weighted by molar-refractivity contribution is -0.135. The van der Waals surface area contributed by atoms with Crippen LogP contribution in [0.5, 0.6) is 0 Å². The zero-order chi connectivity index (χ0) is 38.6. The van der Waals surface area contributed by atoms with Crippen molar-refractivity contribution in [1.82, 2.24) is 26.4 Å². The van der Waals surface area contributed by atoms with E-state index in [1.165, 1.54) is 18.3 Å². The van der Waals surface area contributed by atoms with Gasteiger partial charge in [-0.15, -0.1) is 6.58 Å². The topological polar surface area (TPSA) is 196 Å². The maximum absolute atomic E-state index is 13.0. The molecule has 2 rings (SSSR count). The fourth-order valence-corrected chi connectivity index (χ4v) is 4.33. The molecule has 5 amide bonds. The molecular formula is C38H60N6O6. The second-order valence-electron chi connectivity index (χ2n) is 11.0. The van der Waals surface area contributed by atoms with Crippen molar-refractivity contribution >= 4 is 41.7 Å². The molecule has 1 aromatic heterocycles. The van der Waals surface area contributed by atoms with Crippen molar-refractivity contribution < 1.29 is 29.2 Å². The van der Waals surface area contributed by atoms with Crippen LogP contribution < -0.4 is 27.2 Å². The number of rotatable bonds is 17. The van der Waals surface area contributed by atoms with Crippen molar-refractivity contribution in [2.75, 3.05) is 13.1 Å². The fourth-order valence-electron chi connectivity index (χ4n) is 4.33. The van der Waals surface area contributed by atoms with Crippen molar-refractivity contribution in [3.05, 3.63) is 83.7 Å². The molecule has 12 heteroatoms. The molecule has 0 saturated heterocycles. The van der Waals surface area contributed by atoms with Gasteiger partial charge in [-0.05, 0) is 54.5 Å². The number of hydroxylamine groups is 1. The first kappa shape index (κ1) is 47.1. The minimum absolute atomic E-state index is 0.0763. The SMILES string of the molecule is C=CCC.C=Cc1c(C)cccc1CC(CC(=O)NO)C(=O)NCC(=O)NC(Cc1c[nH]c(C)c1C=C)C(=O)NCC(N)=O.CC.CCCC. The zero-order valence-corrected chi connectivity index (χ0v) is 31.0. The van der Waals surface area contributed by atoms with Crippen LogP contribution in [0.2, 0.25) is 0 Å². The average molecular weight is 697 g/mol. The number of carbonyl (C=O) groups excluding carboxylic acids is 5. The second kappa shape index (κ2) is 27.9. The number of nitrogens with one attached hydrogen (secondary N) is 5. The highest BCUT2D eigenvalue weighted by atomic mass is 16.5. The third-order valence-corrected chi connectivity index (χ3v) is 7.15. The van der Waals surface area contributed by atoms with Crippen molar-refractivity contribution in [3.8, 4) is 0 Å². The molecule has 1 heterocycles. The number of hydrogen-bond acceptors (Lipinski definition) is 6. The van der Waals surface area contributed by atoms with Gasteiger partial charge in [-0.2, -0.15) is 0 Å². The summed E-state index contributed by atoms with van der Waals surface area (Å²) in [6.07, 6.45) is 10.5. The summed E-state index contributed by atoms with van der Waals surface area (Å²) in [5, 5.41) is 16.5. The van der Waals surface area contributed by atoms with Crippen LogP contribution in [-0.4, -0.2) is 58.9 Å². The molecule has 50 heavy (non-hydrogen) atoms. The highest BCUT2D eigenvalue weighted by molar-refractivity contribution is 5.93. The van der Waals surface area contributed by atoms with Crippen LogP contribution in [0.1, 0.15) is 93.8 Å². The molecule has 0 spiro atoms. The van der Waals surface area contributed by atoms with E-state index in [-0.39, 0.29) is 19.3 Å². The minimum Gasteiger partial charge on any atom is -0.368 e. The summed E-state index contributed by atoms with van der Waals surface area (Å²) in [7, 11) is 0. The Bertz CT molecular complexity index is 1380. The van der Waals surface area contributed by atoms with E-state index in [1.54, 1.807) is 18.3 Å². The second-order valence-corrected chi connectivity index (χ2v) is 11.0.